The van der Waals surface area contributed by atoms with Crippen molar-refractivity contribution >= 4 is 39.6 Å². The van der Waals surface area contributed by atoms with Crippen LogP contribution in [0.3, 0.4) is 0 Å². The average molecular weight is 575 g/mol. The Balaban J connectivity index is 1.32. The molecule has 0 radical (unpaired) electrons. The molecule has 1 amide bonds. The minimum absolute atomic E-state index is 0.209. The van der Waals surface area contributed by atoms with Gasteiger partial charge in [0.15, 0.2) is 34.0 Å². The van der Waals surface area contributed by atoms with Crippen molar-refractivity contribution in [2.75, 3.05) is 19.1 Å². The van der Waals surface area contributed by atoms with Crippen molar-refractivity contribution in [3.8, 4) is 23.0 Å². The minimum atomic E-state index is -0.526. The summed E-state index contributed by atoms with van der Waals surface area (Å²) in [5, 5.41) is 0.561. The lowest BCUT2D eigenvalue weighted by atomic mass is 10.0. The van der Waals surface area contributed by atoms with Crippen molar-refractivity contribution in [1.29, 1.82) is 0 Å². The lowest BCUT2D eigenvalue weighted by molar-refractivity contribution is 0.0323. The molecule has 4 aliphatic heterocycles. The fraction of sp³-hybridized carbons (Fsp3) is 0.417. The normalized spacial score (nSPS) is 15.3. The van der Waals surface area contributed by atoms with Crippen LogP contribution in [0, 0.1) is 0 Å². The summed E-state index contributed by atoms with van der Waals surface area (Å²) in [4.78, 5) is 28.7. The summed E-state index contributed by atoms with van der Waals surface area (Å²) in [6.45, 7) is 7.11. The number of halogens is 1. The van der Waals surface area contributed by atoms with Crippen LogP contribution in [0.25, 0.3) is 11.5 Å². The van der Waals surface area contributed by atoms with Gasteiger partial charge in [0, 0.05) is 28.7 Å². The number of aromatic nitrogens is 4. The Morgan fingerprint density at radius 2 is 2.03 bits per heavy atom. The molecule has 0 atom stereocenters. The second kappa shape index (κ2) is 9.81. The molecule has 5 rings (SSSR count). The maximum absolute atomic E-state index is 12.5. The Morgan fingerprint density at radius 1 is 1.25 bits per heavy atom. The van der Waals surface area contributed by atoms with Crippen LogP contribution >= 0.6 is 27.7 Å². The number of carbonyl (C=O) groups is 1. The van der Waals surface area contributed by atoms with E-state index in [1.54, 1.807) is 11.2 Å². The lowest BCUT2D eigenvalue weighted by Gasteiger charge is -2.28. The van der Waals surface area contributed by atoms with Gasteiger partial charge in [-0.1, -0.05) is 5.57 Å². The molecule has 4 aliphatic rings. The molecular weight excluding hydrogens is 548 g/mol. The maximum atomic E-state index is 12.5. The molecule has 0 bridgehead atoms. The molecule has 0 saturated heterocycles. The zero-order valence-electron chi connectivity index (χ0n) is 20.3. The molecule has 36 heavy (non-hydrogen) atoms. The number of imidazole rings is 1. The summed E-state index contributed by atoms with van der Waals surface area (Å²) in [6, 6.07) is 3.78. The molecule has 0 fully saturated rings. The number of hydrogen-bond acceptors (Lipinski definition) is 9. The third-order valence-electron chi connectivity index (χ3n) is 5.64. The molecule has 4 heterocycles. The van der Waals surface area contributed by atoms with Crippen LogP contribution < -0.4 is 15.2 Å². The van der Waals surface area contributed by atoms with E-state index < -0.39 is 5.60 Å². The van der Waals surface area contributed by atoms with Crippen LogP contribution in [0.5, 0.6) is 11.5 Å². The molecule has 2 N–H and O–H groups in total. The van der Waals surface area contributed by atoms with Crippen LogP contribution in [-0.2, 0) is 11.3 Å². The van der Waals surface area contributed by atoms with Gasteiger partial charge in [-0.2, -0.15) is 0 Å². The number of ether oxygens (including phenoxy) is 3. The maximum Gasteiger partial charge on any atom is 0.414 e. The van der Waals surface area contributed by atoms with Crippen molar-refractivity contribution in [3.05, 3.63) is 34.7 Å². The third-order valence-corrected chi connectivity index (χ3v) is 7.48. The highest BCUT2D eigenvalue weighted by molar-refractivity contribution is 9.10. The second-order valence-electron chi connectivity index (χ2n) is 9.55. The molecular formula is C24H27BrN6O4S. The molecule has 0 unspecified atom stereocenters. The molecule has 12 heteroatoms. The van der Waals surface area contributed by atoms with Crippen molar-refractivity contribution in [2.24, 2.45) is 0 Å². The van der Waals surface area contributed by atoms with Crippen LogP contribution in [-0.4, -0.2) is 49.5 Å². The van der Waals surface area contributed by atoms with Crippen LogP contribution in [0.1, 0.15) is 40.0 Å². The number of benzene rings is 1. The molecule has 0 spiro atoms. The zero-order valence-corrected chi connectivity index (χ0v) is 22.7. The minimum Gasteiger partial charge on any atom is -0.454 e. The highest BCUT2D eigenvalue weighted by atomic mass is 79.9. The van der Waals surface area contributed by atoms with Crippen LogP contribution in [0.15, 0.2) is 44.8 Å². The van der Waals surface area contributed by atoms with Crippen molar-refractivity contribution in [2.45, 2.75) is 62.2 Å². The van der Waals surface area contributed by atoms with E-state index in [0.29, 0.717) is 47.1 Å². The molecule has 0 aliphatic carbocycles. The lowest BCUT2D eigenvalue weighted by Crippen LogP contribution is -2.35. The Labute approximate surface area is 221 Å². The fourth-order valence-electron chi connectivity index (χ4n) is 3.96. The number of fused-ring (bicyclic) bond motifs is 2. The summed E-state index contributed by atoms with van der Waals surface area (Å²) in [7, 11) is 0. The molecule has 1 aromatic rings. The predicted molar refractivity (Wildman–Crippen MR) is 138 cm³/mol. The number of nitrogens with zero attached hydrogens (tertiary/aromatic N) is 5. The number of allylic oxidation sites excluding steroid dienone is 1. The zero-order chi connectivity index (χ0) is 25.4. The van der Waals surface area contributed by atoms with Gasteiger partial charge in [0.05, 0.1) is 6.33 Å². The first-order valence-corrected chi connectivity index (χ1v) is 13.2. The first-order valence-electron chi connectivity index (χ1n) is 11.6. The number of carbonyl (C=O) groups excluding carboxylic acids is 1. The quantitative estimate of drug-likeness (QED) is 0.432. The Bertz CT molecular complexity index is 1300. The van der Waals surface area contributed by atoms with Gasteiger partial charge in [-0.05, 0) is 79.9 Å². The van der Waals surface area contributed by atoms with Gasteiger partial charge in [-0.25, -0.2) is 19.7 Å². The summed E-state index contributed by atoms with van der Waals surface area (Å²) in [5.74, 6) is 2.39. The van der Waals surface area contributed by atoms with Crippen molar-refractivity contribution < 1.29 is 19.0 Å². The number of anilines is 1. The number of hydrogen-bond donors (Lipinski definition) is 1. The van der Waals surface area contributed by atoms with Gasteiger partial charge < -0.3 is 24.5 Å². The number of rotatable bonds is 5. The summed E-state index contributed by atoms with van der Waals surface area (Å²) in [5.41, 5.74) is 7.33. The van der Waals surface area contributed by atoms with Gasteiger partial charge in [0.2, 0.25) is 6.79 Å². The number of amides is 1. The molecule has 190 valence electrons. The van der Waals surface area contributed by atoms with E-state index in [1.165, 1.54) is 17.3 Å². The van der Waals surface area contributed by atoms with Crippen LogP contribution in [0.2, 0.25) is 0 Å². The van der Waals surface area contributed by atoms with Crippen molar-refractivity contribution in [1.82, 2.24) is 24.4 Å². The average Bonchev–Trinajstić information content (AvgIpc) is 3.45. The largest absolute Gasteiger partial charge is 0.454 e. The Morgan fingerprint density at radius 3 is 2.81 bits per heavy atom. The Hall–Kier alpha value is -2.99. The van der Waals surface area contributed by atoms with Crippen molar-refractivity contribution in [3.63, 3.8) is 0 Å². The SMILES string of the molecule is CC(C)(C)OC(=O)N1C=C(CCn2cnc(N)c3nc(Sc4cc5c(cc4Br)OCO5)nc2-3)CCC1. The van der Waals surface area contributed by atoms with Crippen LogP contribution in [0.4, 0.5) is 10.6 Å². The molecule has 0 aromatic heterocycles. The second-order valence-corrected chi connectivity index (χ2v) is 11.4. The molecule has 0 saturated carbocycles. The number of nitrogen functional groups attached to an aromatic ring is 1. The van der Waals surface area contributed by atoms with Gasteiger partial charge in [0.25, 0.3) is 0 Å². The first-order chi connectivity index (χ1) is 17.2. The fourth-order valence-corrected chi connectivity index (χ4v) is 5.32. The number of nitrogens with two attached hydrogens (primary N) is 1. The van der Waals surface area contributed by atoms with E-state index in [0.717, 1.165) is 28.6 Å². The first kappa shape index (κ1) is 24.7. The Kier molecular flexibility index (Phi) is 6.73. The smallest absolute Gasteiger partial charge is 0.414 e. The summed E-state index contributed by atoms with van der Waals surface area (Å²) in [6.07, 6.45) is 5.85. The highest BCUT2D eigenvalue weighted by Gasteiger charge is 2.25. The predicted octanol–water partition coefficient (Wildman–Crippen LogP) is 5.31. The van der Waals surface area contributed by atoms with E-state index in [4.69, 9.17) is 24.9 Å². The van der Waals surface area contributed by atoms with Gasteiger partial charge in [-0.15, -0.1) is 0 Å². The van der Waals surface area contributed by atoms with E-state index >= 15 is 0 Å². The third kappa shape index (κ3) is 5.39. The van der Waals surface area contributed by atoms with E-state index in [2.05, 4.69) is 25.9 Å². The van der Waals surface area contributed by atoms with Gasteiger partial charge >= 0.3 is 6.09 Å². The number of aryl methyl sites for hydroxylation is 1. The van der Waals surface area contributed by atoms with E-state index in [9.17, 15) is 4.79 Å². The molecule has 1 aromatic carbocycles. The van der Waals surface area contributed by atoms with E-state index in [-0.39, 0.29) is 12.9 Å². The highest BCUT2D eigenvalue weighted by Crippen LogP contribution is 2.43. The van der Waals surface area contributed by atoms with Gasteiger partial charge in [0.1, 0.15) is 5.60 Å². The summed E-state index contributed by atoms with van der Waals surface area (Å²) < 4.78 is 19.3. The standard InChI is InChI=1S/C24H27BrN6O4S/c1-24(2,3)35-23(32)30-7-4-5-14(11-30)6-8-31-12-27-20(26)19-21(31)29-22(28-19)36-18-10-17-16(9-15(18)25)33-13-34-17/h9-12H,4-8,13,26H2,1-3H3. The monoisotopic (exact) mass is 574 g/mol. The van der Waals surface area contributed by atoms with Gasteiger partial charge in [-0.3, -0.25) is 4.90 Å². The topological polar surface area (TPSA) is 118 Å². The molecule has 10 nitrogen and oxygen atoms in total. The summed E-state index contributed by atoms with van der Waals surface area (Å²) >= 11 is 4.99. The van der Waals surface area contributed by atoms with E-state index in [1.807, 2.05) is 43.7 Å².